The molecular weight excluding hydrogens is 292 g/mol. The van der Waals surface area contributed by atoms with Gasteiger partial charge in [0.05, 0.1) is 5.56 Å². The van der Waals surface area contributed by atoms with Crippen molar-refractivity contribution in [1.82, 2.24) is 0 Å². The highest BCUT2D eigenvalue weighted by molar-refractivity contribution is 5.79. The van der Waals surface area contributed by atoms with Crippen LogP contribution in [-0.2, 0) is 0 Å². The van der Waals surface area contributed by atoms with E-state index >= 15 is 0 Å². The lowest BCUT2D eigenvalue weighted by Crippen LogP contribution is -1.74. The van der Waals surface area contributed by atoms with E-state index in [1.807, 2.05) is 63.2 Å². The van der Waals surface area contributed by atoms with E-state index in [0.29, 0.717) is 23.0 Å². The van der Waals surface area contributed by atoms with Crippen LogP contribution in [-0.4, -0.2) is 0 Å². The molecule has 0 atom stereocenters. The van der Waals surface area contributed by atoms with Crippen LogP contribution in [0.25, 0.3) is 34.4 Å². The second-order valence-electron chi connectivity index (χ2n) is 5.58. The van der Waals surface area contributed by atoms with E-state index in [0.717, 1.165) is 28.6 Å². The zero-order chi connectivity index (χ0) is 16.0. The van der Waals surface area contributed by atoms with Gasteiger partial charge in [0.15, 0.2) is 23.0 Å². The van der Waals surface area contributed by atoms with Crippen molar-refractivity contribution in [3.05, 3.63) is 59.7 Å². The second kappa shape index (κ2) is 5.09. The normalized spacial score (nSPS) is 11.3. The SMILES string of the molecule is Cc1ccc(-c2cc(-c3ccc(C)o3)c(-c3ccc(C)o3)o2)o1. The Morgan fingerprint density at radius 2 is 1.04 bits per heavy atom. The third kappa shape index (κ3) is 2.42. The van der Waals surface area contributed by atoms with Gasteiger partial charge in [0.2, 0.25) is 0 Å². The first-order valence-corrected chi connectivity index (χ1v) is 7.44. The van der Waals surface area contributed by atoms with Crippen LogP contribution in [0.15, 0.2) is 60.1 Å². The number of hydrogen-bond donors (Lipinski definition) is 0. The molecule has 4 heteroatoms. The fraction of sp³-hybridized carbons (Fsp3) is 0.158. The largest absolute Gasteiger partial charge is 0.461 e. The highest BCUT2D eigenvalue weighted by atomic mass is 16.4. The Morgan fingerprint density at radius 3 is 1.57 bits per heavy atom. The highest BCUT2D eigenvalue weighted by Gasteiger charge is 2.21. The summed E-state index contributed by atoms with van der Waals surface area (Å²) in [5.41, 5.74) is 0.844. The summed E-state index contributed by atoms with van der Waals surface area (Å²) < 4.78 is 23.2. The molecule has 4 nitrogen and oxygen atoms in total. The molecule has 0 aliphatic rings. The molecule has 4 heterocycles. The highest BCUT2D eigenvalue weighted by Crippen LogP contribution is 2.40. The van der Waals surface area contributed by atoms with Gasteiger partial charge in [-0.25, -0.2) is 0 Å². The summed E-state index contributed by atoms with van der Waals surface area (Å²) >= 11 is 0. The maximum absolute atomic E-state index is 6.03. The van der Waals surface area contributed by atoms with Gasteiger partial charge in [0.1, 0.15) is 23.0 Å². The molecule has 4 aromatic rings. The number of aryl methyl sites for hydroxylation is 3. The maximum atomic E-state index is 6.03. The molecule has 0 amide bonds. The van der Waals surface area contributed by atoms with Crippen LogP contribution in [0.4, 0.5) is 0 Å². The first kappa shape index (κ1) is 13.8. The molecule has 0 N–H and O–H groups in total. The predicted molar refractivity (Wildman–Crippen MR) is 86.0 cm³/mol. The summed E-state index contributed by atoms with van der Waals surface area (Å²) in [6, 6.07) is 13.4. The third-order valence-electron chi connectivity index (χ3n) is 3.69. The van der Waals surface area contributed by atoms with Crippen LogP contribution < -0.4 is 0 Å². The van der Waals surface area contributed by atoms with Crippen LogP contribution >= 0.6 is 0 Å². The molecular formula is C19H16O4. The lowest BCUT2D eigenvalue weighted by Gasteiger charge is -1.96. The van der Waals surface area contributed by atoms with E-state index in [-0.39, 0.29) is 0 Å². The summed E-state index contributed by atoms with van der Waals surface area (Å²) in [4.78, 5) is 0. The average Bonchev–Trinajstić information content (AvgIpc) is 3.24. The van der Waals surface area contributed by atoms with Crippen LogP contribution in [0.2, 0.25) is 0 Å². The van der Waals surface area contributed by atoms with Crippen molar-refractivity contribution >= 4 is 0 Å². The molecule has 116 valence electrons. The standard InChI is InChI=1S/C19H16O4/c1-11-4-7-15(20-11)14-10-18(16-8-5-12(2)21-16)23-19(14)17-9-6-13(3)22-17/h4-10H,1-3H3. The Balaban J connectivity index is 1.90. The summed E-state index contributed by atoms with van der Waals surface area (Å²) in [6.07, 6.45) is 0. The van der Waals surface area contributed by atoms with Gasteiger partial charge in [-0.2, -0.15) is 0 Å². The lowest BCUT2D eigenvalue weighted by atomic mass is 10.1. The minimum atomic E-state index is 0.636. The average molecular weight is 308 g/mol. The molecule has 0 aliphatic carbocycles. The molecule has 0 aromatic carbocycles. The van der Waals surface area contributed by atoms with Crippen LogP contribution in [0, 0.1) is 20.8 Å². The Labute approximate surface area is 133 Å². The summed E-state index contributed by atoms with van der Waals surface area (Å²) in [7, 11) is 0. The fourth-order valence-electron chi connectivity index (χ4n) is 2.58. The minimum Gasteiger partial charge on any atom is -0.461 e. The fourth-order valence-corrected chi connectivity index (χ4v) is 2.58. The zero-order valence-corrected chi connectivity index (χ0v) is 13.2. The number of hydrogen-bond acceptors (Lipinski definition) is 4. The maximum Gasteiger partial charge on any atom is 0.181 e. The lowest BCUT2D eigenvalue weighted by molar-refractivity contribution is 0.490. The smallest absolute Gasteiger partial charge is 0.181 e. The van der Waals surface area contributed by atoms with Crippen LogP contribution in [0.1, 0.15) is 17.3 Å². The van der Waals surface area contributed by atoms with Gasteiger partial charge in [-0.1, -0.05) is 0 Å². The van der Waals surface area contributed by atoms with Gasteiger partial charge in [-0.05, 0) is 63.2 Å². The van der Waals surface area contributed by atoms with E-state index in [9.17, 15) is 0 Å². The Hall–Kier alpha value is -2.88. The van der Waals surface area contributed by atoms with Crippen molar-refractivity contribution in [1.29, 1.82) is 0 Å². The van der Waals surface area contributed by atoms with Gasteiger partial charge in [0, 0.05) is 0 Å². The monoisotopic (exact) mass is 308 g/mol. The predicted octanol–water partition coefficient (Wildman–Crippen LogP) is 5.98. The molecule has 0 radical (unpaired) electrons. The first-order valence-electron chi connectivity index (χ1n) is 7.44. The molecule has 0 unspecified atom stereocenters. The molecule has 0 aliphatic heterocycles. The summed E-state index contributed by atoms with van der Waals surface area (Å²) in [5.74, 6) is 5.88. The molecule has 0 saturated heterocycles. The summed E-state index contributed by atoms with van der Waals surface area (Å²) in [6.45, 7) is 5.72. The molecule has 0 bridgehead atoms. The van der Waals surface area contributed by atoms with Gasteiger partial charge < -0.3 is 17.7 Å². The molecule has 0 fully saturated rings. The molecule has 0 spiro atoms. The first-order chi connectivity index (χ1) is 11.1. The van der Waals surface area contributed by atoms with Crippen LogP contribution in [0.3, 0.4) is 0 Å². The van der Waals surface area contributed by atoms with E-state index in [2.05, 4.69) is 0 Å². The quantitative estimate of drug-likeness (QED) is 0.467. The van der Waals surface area contributed by atoms with Crippen molar-refractivity contribution in [3.8, 4) is 34.4 Å². The van der Waals surface area contributed by atoms with Gasteiger partial charge in [-0.3, -0.25) is 0 Å². The second-order valence-corrected chi connectivity index (χ2v) is 5.58. The van der Waals surface area contributed by atoms with Gasteiger partial charge in [0.25, 0.3) is 0 Å². The Bertz CT molecular complexity index is 904. The molecule has 0 saturated carbocycles. The molecule has 4 aromatic heterocycles. The van der Waals surface area contributed by atoms with E-state index in [1.165, 1.54) is 0 Å². The van der Waals surface area contributed by atoms with Crippen molar-refractivity contribution in [2.24, 2.45) is 0 Å². The topological polar surface area (TPSA) is 52.6 Å². The van der Waals surface area contributed by atoms with Crippen molar-refractivity contribution < 1.29 is 17.7 Å². The Kier molecular flexibility index (Phi) is 3.05. The van der Waals surface area contributed by atoms with Crippen molar-refractivity contribution in [2.75, 3.05) is 0 Å². The molecule has 4 rings (SSSR count). The molecule has 23 heavy (non-hydrogen) atoms. The van der Waals surface area contributed by atoms with Crippen LogP contribution in [0.5, 0.6) is 0 Å². The van der Waals surface area contributed by atoms with Gasteiger partial charge >= 0.3 is 0 Å². The number of rotatable bonds is 3. The Morgan fingerprint density at radius 1 is 0.522 bits per heavy atom. The van der Waals surface area contributed by atoms with E-state index < -0.39 is 0 Å². The van der Waals surface area contributed by atoms with E-state index in [4.69, 9.17) is 17.7 Å². The zero-order valence-electron chi connectivity index (χ0n) is 13.2. The third-order valence-corrected chi connectivity index (χ3v) is 3.69. The van der Waals surface area contributed by atoms with Crippen molar-refractivity contribution in [3.63, 3.8) is 0 Å². The van der Waals surface area contributed by atoms with Crippen molar-refractivity contribution in [2.45, 2.75) is 20.8 Å². The minimum absolute atomic E-state index is 0.636. The van der Waals surface area contributed by atoms with E-state index in [1.54, 1.807) is 0 Å². The summed E-state index contributed by atoms with van der Waals surface area (Å²) in [5, 5.41) is 0. The number of furan rings is 4. The van der Waals surface area contributed by atoms with Gasteiger partial charge in [-0.15, -0.1) is 0 Å².